The van der Waals surface area contributed by atoms with Gasteiger partial charge in [0, 0.05) is 16.5 Å². The van der Waals surface area contributed by atoms with Crippen molar-refractivity contribution in [1.29, 1.82) is 0 Å². The molecule has 0 atom stereocenters. The van der Waals surface area contributed by atoms with Crippen LogP contribution in [0.4, 0.5) is 0 Å². The number of carbonyl (C=O) groups excluding carboxylic acids is 1. The van der Waals surface area contributed by atoms with E-state index >= 15 is 0 Å². The standard InChI is InChI=1S/C16H11BrO/c17-14-8-7-12-6-5-11-3-1-2-4-13(11)9-16(18)15(12)10-14/h1-8,10H,9H2/b6-5-. The maximum atomic E-state index is 12.3. The molecule has 0 radical (unpaired) electrons. The van der Waals surface area contributed by atoms with E-state index in [4.69, 9.17) is 0 Å². The Balaban J connectivity index is 2.19. The summed E-state index contributed by atoms with van der Waals surface area (Å²) in [6.07, 6.45) is 4.55. The van der Waals surface area contributed by atoms with Crippen molar-refractivity contribution in [2.45, 2.75) is 6.42 Å². The van der Waals surface area contributed by atoms with Crippen molar-refractivity contribution in [2.24, 2.45) is 0 Å². The van der Waals surface area contributed by atoms with Gasteiger partial charge in [-0.2, -0.15) is 0 Å². The SMILES string of the molecule is O=C1Cc2ccccc2/C=C\c2ccc(Br)cc21. The molecule has 2 heteroatoms. The van der Waals surface area contributed by atoms with Crippen molar-refractivity contribution in [3.8, 4) is 0 Å². The van der Waals surface area contributed by atoms with Gasteiger partial charge < -0.3 is 0 Å². The van der Waals surface area contributed by atoms with Crippen LogP contribution in [0.5, 0.6) is 0 Å². The second-order valence-corrected chi connectivity index (χ2v) is 5.28. The number of hydrogen-bond donors (Lipinski definition) is 0. The Morgan fingerprint density at radius 1 is 0.944 bits per heavy atom. The fourth-order valence-electron chi connectivity index (χ4n) is 2.22. The number of carbonyl (C=O) groups is 1. The Labute approximate surface area is 114 Å². The molecule has 0 heterocycles. The molecule has 0 aliphatic heterocycles. The van der Waals surface area contributed by atoms with E-state index in [0.29, 0.717) is 6.42 Å². The molecule has 88 valence electrons. The topological polar surface area (TPSA) is 17.1 Å². The lowest BCUT2D eigenvalue weighted by Crippen LogP contribution is -2.08. The fourth-order valence-corrected chi connectivity index (χ4v) is 2.58. The van der Waals surface area contributed by atoms with Gasteiger partial charge >= 0.3 is 0 Å². The van der Waals surface area contributed by atoms with Gasteiger partial charge in [-0.3, -0.25) is 4.79 Å². The number of rotatable bonds is 0. The molecule has 0 aromatic heterocycles. The van der Waals surface area contributed by atoms with Crippen LogP contribution in [0, 0.1) is 0 Å². The van der Waals surface area contributed by atoms with Gasteiger partial charge in [-0.15, -0.1) is 0 Å². The first-order chi connectivity index (χ1) is 8.74. The highest BCUT2D eigenvalue weighted by Crippen LogP contribution is 2.24. The molecular formula is C16H11BrO. The average Bonchev–Trinajstić information content (AvgIpc) is 2.37. The van der Waals surface area contributed by atoms with Crippen molar-refractivity contribution in [1.82, 2.24) is 0 Å². The van der Waals surface area contributed by atoms with E-state index in [-0.39, 0.29) is 5.78 Å². The van der Waals surface area contributed by atoms with Gasteiger partial charge in [0.25, 0.3) is 0 Å². The zero-order valence-corrected chi connectivity index (χ0v) is 11.3. The quantitative estimate of drug-likeness (QED) is 0.706. The summed E-state index contributed by atoms with van der Waals surface area (Å²) in [6, 6.07) is 13.9. The molecule has 2 aromatic carbocycles. The molecule has 0 amide bonds. The molecular weight excluding hydrogens is 288 g/mol. The second-order valence-electron chi connectivity index (χ2n) is 4.36. The van der Waals surface area contributed by atoms with Crippen molar-refractivity contribution < 1.29 is 4.79 Å². The third kappa shape index (κ3) is 2.04. The van der Waals surface area contributed by atoms with Crippen LogP contribution < -0.4 is 0 Å². The first-order valence-electron chi connectivity index (χ1n) is 5.83. The number of benzene rings is 2. The van der Waals surface area contributed by atoms with Gasteiger partial charge in [-0.1, -0.05) is 58.4 Å². The van der Waals surface area contributed by atoms with Crippen molar-refractivity contribution >= 4 is 33.9 Å². The van der Waals surface area contributed by atoms with Crippen molar-refractivity contribution in [3.63, 3.8) is 0 Å². The highest BCUT2D eigenvalue weighted by atomic mass is 79.9. The molecule has 0 saturated heterocycles. The van der Waals surface area contributed by atoms with Crippen LogP contribution in [0.2, 0.25) is 0 Å². The normalized spacial score (nSPS) is 15.3. The van der Waals surface area contributed by atoms with E-state index < -0.39 is 0 Å². The van der Waals surface area contributed by atoms with Crippen molar-refractivity contribution in [2.75, 3.05) is 0 Å². The van der Waals surface area contributed by atoms with E-state index in [1.807, 2.05) is 48.5 Å². The predicted molar refractivity (Wildman–Crippen MR) is 77.5 cm³/mol. The Bertz CT molecular complexity index is 656. The monoisotopic (exact) mass is 298 g/mol. The van der Waals surface area contributed by atoms with Crippen molar-refractivity contribution in [3.05, 3.63) is 69.2 Å². The number of hydrogen-bond acceptors (Lipinski definition) is 1. The number of halogens is 1. The summed E-state index contributed by atoms with van der Waals surface area (Å²) in [7, 11) is 0. The van der Waals surface area contributed by atoms with Gasteiger partial charge in [-0.05, 0) is 28.8 Å². The summed E-state index contributed by atoms with van der Waals surface area (Å²) in [4.78, 5) is 12.3. The molecule has 0 unspecified atom stereocenters. The summed E-state index contributed by atoms with van der Waals surface area (Å²) in [6.45, 7) is 0. The molecule has 2 aromatic rings. The third-order valence-corrected chi connectivity index (χ3v) is 3.66. The Kier molecular flexibility index (Phi) is 2.88. The zero-order chi connectivity index (χ0) is 12.5. The molecule has 18 heavy (non-hydrogen) atoms. The van der Waals surface area contributed by atoms with Crippen LogP contribution in [0.3, 0.4) is 0 Å². The minimum Gasteiger partial charge on any atom is -0.294 e. The highest BCUT2D eigenvalue weighted by Gasteiger charge is 2.15. The Hall–Kier alpha value is -1.67. The van der Waals surface area contributed by atoms with E-state index in [0.717, 1.165) is 26.7 Å². The summed E-state index contributed by atoms with van der Waals surface area (Å²) in [5.41, 5.74) is 3.98. The van der Waals surface area contributed by atoms with E-state index in [1.54, 1.807) is 0 Å². The van der Waals surface area contributed by atoms with Gasteiger partial charge in [-0.25, -0.2) is 0 Å². The molecule has 0 fully saturated rings. The smallest absolute Gasteiger partial charge is 0.167 e. The number of ketones is 1. The maximum absolute atomic E-state index is 12.3. The molecule has 1 aliphatic rings. The lowest BCUT2D eigenvalue weighted by molar-refractivity contribution is 0.0992. The lowest BCUT2D eigenvalue weighted by atomic mass is 9.92. The maximum Gasteiger partial charge on any atom is 0.167 e. The Morgan fingerprint density at radius 2 is 1.72 bits per heavy atom. The van der Waals surface area contributed by atoms with E-state index in [2.05, 4.69) is 22.0 Å². The number of fused-ring (bicyclic) bond motifs is 2. The molecule has 3 rings (SSSR count). The molecule has 0 spiro atoms. The zero-order valence-electron chi connectivity index (χ0n) is 9.69. The van der Waals surface area contributed by atoms with Crippen LogP contribution in [0.15, 0.2) is 46.9 Å². The predicted octanol–water partition coefficient (Wildman–Crippen LogP) is 4.36. The number of Topliss-reactive ketones (excluding diaryl/α,β-unsaturated/α-hetero) is 1. The summed E-state index contributed by atoms with van der Waals surface area (Å²) in [5.74, 6) is 0.170. The first kappa shape index (κ1) is 11.4. The summed E-state index contributed by atoms with van der Waals surface area (Å²) in [5, 5.41) is 0. The van der Waals surface area contributed by atoms with Gasteiger partial charge in [0.15, 0.2) is 5.78 Å². The molecule has 0 saturated carbocycles. The van der Waals surface area contributed by atoms with E-state index in [1.165, 1.54) is 0 Å². The summed E-state index contributed by atoms with van der Waals surface area (Å²) < 4.78 is 0.942. The highest BCUT2D eigenvalue weighted by molar-refractivity contribution is 9.10. The van der Waals surface area contributed by atoms with Gasteiger partial charge in [0.2, 0.25) is 0 Å². The molecule has 1 nitrogen and oxygen atoms in total. The van der Waals surface area contributed by atoms with Crippen LogP contribution in [0.1, 0.15) is 27.0 Å². The van der Waals surface area contributed by atoms with Crippen LogP contribution >= 0.6 is 15.9 Å². The second kappa shape index (κ2) is 4.54. The minimum absolute atomic E-state index is 0.170. The minimum atomic E-state index is 0.170. The third-order valence-electron chi connectivity index (χ3n) is 3.16. The van der Waals surface area contributed by atoms with Crippen LogP contribution in [-0.2, 0) is 6.42 Å². The molecule has 0 bridgehead atoms. The molecule has 1 aliphatic carbocycles. The van der Waals surface area contributed by atoms with Crippen LogP contribution in [-0.4, -0.2) is 5.78 Å². The largest absolute Gasteiger partial charge is 0.294 e. The summed E-state index contributed by atoms with van der Waals surface area (Å²) >= 11 is 3.42. The fraction of sp³-hybridized carbons (Fsp3) is 0.0625. The lowest BCUT2D eigenvalue weighted by Gasteiger charge is -2.12. The van der Waals surface area contributed by atoms with Gasteiger partial charge in [0.05, 0.1) is 0 Å². The average molecular weight is 299 g/mol. The van der Waals surface area contributed by atoms with Gasteiger partial charge in [0.1, 0.15) is 0 Å². The van der Waals surface area contributed by atoms with Crippen LogP contribution in [0.25, 0.3) is 12.2 Å². The van der Waals surface area contributed by atoms with E-state index in [9.17, 15) is 4.79 Å². The Morgan fingerprint density at radius 3 is 2.61 bits per heavy atom. The first-order valence-corrected chi connectivity index (χ1v) is 6.62. The molecule has 0 N–H and O–H groups in total.